The molecule has 0 aliphatic carbocycles. The molecule has 2 rings (SSSR count). The summed E-state index contributed by atoms with van der Waals surface area (Å²) >= 11 is 6.19. The summed E-state index contributed by atoms with van der Waals surface area (Å²) in [6.45, 7) is 5.04. The molecule has 102 valence electrons. The van der Waals surface area contributed by atoms with Gasteiger partial charge in [-0.1, -0.05) is 18.5 Å². The summed E-state index contributed by atoms with van der Waals surface area (Å²) in [5.41, 5.74) is 3.38. The van der Waals surface area contributed by atoms with Crippen LogP contribution in [-0.4, -0.2) is 21.3 Å². The Bertz CT molecular complexity index is 550. The molecule has 1 N–H and O–H groups in total. The smallest absolute Gasteiger partial charge is 0.0641 e. The van der Waals surface area contributed by atoms with Crippen molar-refractivity contribution in [2.75, 3.05) is 6.54 Å². The van der Waals surface area contributed by atoms with Gasteiger partial charge in [0.1, 0.15) is 0 Å². The molecule has 2 aromatic rings. The predicted octanol–water partition coefficient (Wildman–Crippen LogP) is 2.67. The Hall–Kier alpha value is -1.39. The summed E-state index contributed by atoms with van der Waals surface area (Å²) in [6, 6.07) is 2.19. The zero-order chi connectivity index (χ0) is 13.8. The van der Waals surface area contributed by atoms with E-state index >= 15 is 0 Å². The highest BCUT2D eigenvalue weighted by Gasteiger charge is 2.17. The van der Waals surface area contributed by atoms with Crippen LogP contribution in [0.3, 0.4) is 0 Å². The van der Waals surface area contributed by atoms with E-state index in [1.807, 2.05) is 24.7 Å². The van der Waals surface area contributed by atoms with Crippen LogP contribution in [0.2, 0.25) is 5.02 Å². The first-order valence-corrected chi connectivity index (χ1v) is 6.81. The maximum absolute atomic E-state index is 6.19. The number of nitrogens with one attached hydrogen (secondary N) is 1. The molecule has 1 unspecified atom stereocenters. The van der Waals surface area contributed by atoms with Crippen molar-refractivity contribution < 1.29 is 0 Å². The topological polar surface area (TPSA) is 42.7 Å². The average molecular weight is 279 g/mol. The molecule has 0 saturated heterocycles. The fourth-order valence-electron chi connectivity index (χ4n) is 2.29. The lowest BCUT2D eigenvalue weighted by molar-refractivity contribution is 0.547. The number of rotatable bonds is 5. The molecule has 1 atom stereocenters. The van der Waals surface area contributed by atoms with E-state index in [9.17, 15) is 0 Å². The minimum absolute atomic E-state index is 0.221. The highest BCUT2D eigenvalue weighted by atomic mass is 35.5. The lowest BCUT2D eigenvalue weighted by Crippen LogP contribution is -2.23. The van der Waals surface area contributed by atoms with Crippen LogP contribution in [0.1, 0.15) is 29.8 Å². The molecule has 0 aliphatic heterocycles. The first-order chi connectivity index (χ1) is 9.11. The lowest BCUT2D eigenvalue weighted by atomic mass is 10.00. The maximum Gasteiger partial charge on any atom is 0.0641 e. The summed E-state index contributed by atoms with van der Waals surface area (Å²) in [5.74, 6) is 0. The third-order valence-corrected chi connectivity index (χ3v) is 3.50. The fraction of sp³-hybridized carbons (Fsp3) is 0.429. The molecule has 0 amide bonds. The van der Waals surface area contributed by atoms with Gasteiger partial charge in [-0.25, -0.2) is 0 Å². The van der Waals surface area contributed by atoms with Gasteiger partial charge in [-0.05, 0) is 31.5 Å². The minimum atomic E-state index is 0.221. The van der Waals surface area contributed by atoms with Crippen molar-refractivity contribution in [1.29, 1.82) is 0 Å². The summed E-state index contributed by atoms with van der Waals surface area (Å²) in [4.78, 5) is 4.02. The third kappa shape index (κ3) is 3.33. The molecular formula is C14H19ClN4. The SMILES string of the molecule is CCNC(Cc1ccncc1Cl)c1cn(C)nc1C. The van der Waals surface area contributed by atoms with Gasteiger partial charge in [-0.15, -0.1) is 0 Å². The lowest BCUT2D eigenvalue weighted by Gasteiger charge is -2.18. The number of likely N-dealkylation sites (N-methyl/N-ethyl adjacent to an activating group) is 1. The Morgan fingerprint density at radius 1 is 1.47 bits per heavy atom. The number of pyridine rings is 1. The van der Waals surface area contributed by atoms with Gasteiger partial charge in [0.2, 0.25) is 0 Å². The van der Waals surface area contributed by atoms with Gasteiger partial charge in [-0.2, -0.15) is 5.10 Å². The summed E-state index contributed by atoms with van der Waals surface area (Å²) in [5, 5.41) is 8.62. The first-order valence-electron chi connectivity index (χ1n) is 6.43. The molecule has 2 heterocycles. The Kier molecular flexibility index (Phi) is 4.56. The van der Waals surface area contributed by atoms with Gasteiger partial charge in [0, 0.05) is 37.2 Å². The van der Waals surface area contributed by atoms with Gasteiger partial charge in [0.15, 0.2) is 0 Å². The number of hydrogen-bond donors (Lipinski definition) is 1. The van der Waals surface area contributed by atoms with Crippen LogP contribution < -0.4 is 5.32 Å². The first kappa shape index (κ1) is 14.0. The molecule has 0 fully saturated rings. The molecule has 0 radical (unpaired) electrons. The Morgan fingerprint density at radius 3 is 2.84 bits per heavy atom. The van der Waals surface area contributed by atoms with Crippen molar-refractivity contribution in [3.05, 3.63) is 46.5 Å². The normalized spacial score (nSPS) is 12.6. The molecule has 0 saturated carbocycles. The van der Waals surface area contributed by atoms with E-state index in [0.717, 1.165) is 24.2 Å². The number of aryl methyl sites for hydroxylation is 2. The van der Waals surface area contributed by atoms with Gasteiger partial charge in [0.05, 0.1) is 10.7 Å². The van der Waals surface area contributed by atoms with Crippen LogP contribution >= 0.6 is 11.6 Å². The highest BCUT2D eigenvalue weighted by molar-refractivity contribution is 6.31. The summed E-state index contributed by atoms with van der Waals surface area (Å²) < 4.78 is 1.85. The number of aromatic nitrogens is 3. The van der Waals surface area contributed by atoms with E-state index < -0.39 is 0 Å². The molecular weight excluding hydrogens is 260 g/mol. The standard InChI is InChI=1S/C14H19ClN4/c1-4-17-14(12-9-19(3)18-10(12)2)7-11-5-6-16-8-13(11)15/h5-6,8-9,14,17H,4,7H2,1-3H3. The average Bonchev–Trinajstić information content (AvgIpc) is 2.70. The van der Waals surface area contributed by atoms with Crippen molar-refractivity contribution in [1.82, 2.24) is 20.1 Å². The molecule has 4 nitrogen and oxygen atoms in total. The Labute approximate surface area is 118 Å². The molecule has 2 aromatic heterocycles. The predicted molar refractivity (Wildman–Crippen MR) is 77.3 cm³/mol. The maximum atomic E-state index is 6.19. The Morgan fingerprint density at radius 2 is 2.26 bits per heavy atom. The number of nitrogens with zero attached hydrogens (tertiary/aromatic N) is 3. The van der Waals surface area contributed by atoms with Crippen LogP contribution in [0.15, 0.2) is 24.7 Å². The van der Waals surface area contributed by atoms with Gasteiger partial charge in [-0.3, -0.25) is 9.67 Å². The second-order valence-electron chi connectivity index (χ2n) is 4.62. The van der Waals surface area contributed by atoms with Crippen molar-refractivity contribution in [3.63, 3.8) is 0 Å². The van der Waals surface area contributed by atoms with Crippen LogP contribution in [0.5, 0.6) is 0 Å². The zero-order valence-electron chi connectivity index (χ0n) is 11.5. The largest absolute Gasteiger partial charge is 0.310 e. The summed E-state index contributed by atoms with van der Waals surface area (Å²) in [6.07, 6.45) is 6.37. The van der Waals surface area contributed by atoms with E-state index in [4.69, 9.17) is 11.6 Å². The highest BCUT2D eigenvalue weighted by Crippen LogP contribution is 2.24. The summed E-state index contributed by atoms with van der Waals surface area (Å²) in [7, 11) is 1.94. The van der Waals surface area contributed by atoms with Crippen molar-refractivity contribution in [2.24, 2.45) is 7.05 Å². The molecule has 0 spiro atoms. The van der Waals surface area contributed by atoms with E-state index in [2.05, 4.69) is 28.5 Å². The van der Waals surface area contributed by atoms with E-state index in [1.165, 1.54) is 5.56 Å². The quantitative estimate of drug-likeness (QED) is 0.914. The third-order valence-electron chi connectivity index (χ3n) is 3.16. The van der Waals surface area contributed by atoms with Crippen LogP contribution in [-0.2, 0) is 13.5 Å². The number of halogens is 1. The van der Waals surface area contributed by atoms with Crippen LogP contribution in [0.4, 0.5) is 0 Å². The van der Waals surface area contributed by atoms with Crippen molar-refractivity contribution >= 4 is 11.6 Å². The van der Waals surface area contributed by atoms with Gasteiger partial charge in [0.25, 0.3) is 0 Å². The second kappa shape index (κ2) is 6.17. The minimum Gasteiger partial charge on any atom is -0.310 e. The number of hydrogen-bond acceptors (Lipinski definition) is 3. The van der Waals surface area contributed by atoms with E-state index in [1.54, 1.807) is 12.4 Å². The molecule has 5 heteroatoms. The van der Waals surface area contributed by atoms with E-state index in [0.29, 0.717) is 5.02 Å². The Balaban J connectivity index is 2.26. The fourth-order valence-corrected chi connectivity index (χ4v) is 2.48. The van der Waals surface area contributed by atoms with Crippen LogP contribution in [0, 0.1) is 6.92 Å². The monoisotopic (exact) mass is 278 g/mol. The van der Waals surface area contributed by atoms with Gasteiger partial charge >= 0.3 is 0 Å². The van der Waals surface area contributed by atoms with Crippen LogP contribution in [0.25, 0.3) is 0 Å². The van der Waals surface area contributed by atoms with Crippen molar-refractivity contribution in [3.8, 4) is 0 Å². The second-order valence-corrected chi connectivity index (χ2v) is 5.03. The molecule has 0 bridgehead atoms. The zero-order valence-corrected chi connectivity index (χ0v) is 12.3. The molecule has 0 aliphatic rings. The molecule has 19 heavy (non-hydrogen) atoms. The van der Waals surface area contributed by atoms with E-state index in [-0.39, 0.29) is 6.04 Å². The van der Waals surface area contributed by atoms with Crippen molar-refractivity contribution in [2.45, 2.75) is 26.3 Å². The van der Waals surface area contributed by atoms with Gasteiger partial charge < -0.3 is 5.32 Å². The molecule has 0 aromatic carbocycles.